The average Bonchev–Trinajstić information content (AvgIpc) is 3.17. The summed E-state index contributed by atoms with van der Waals surface area (Å²) < 4.78 is 5.86. The number of nitrogens with one attached hydrogen (secondary N) is 2. The largest absolute Gasteiger partial charge is 0.436 e. The van der Waals surface area contributed by atoms with E-state index < -0.39 is 10.8 Å². The number of carbonyl (C=O) groups excluding carboxylic acids is 1. The van der Waals surface area contributed by atoms with Gasteiger partial charge in [0, 0.05) is 22.9 Å². The molecule has 0 radical (unpaired) electrons. The molecule has 2 N–H and O–H groups in total. The van der Waals surface area contributed by atoms with Crippen LogP contribution < -0.4 is 10.6 Å². The molecule has 0 saturated heterocycles. The molecule has 3 aromatic carbocycles. The second-order valence-electron chi connectivity index (χ2n) is 7.30. The van der Waals surface area contributed by atoms with Gasteiger partial charge in [0.2, 0.25) is 5.89 Å². The fourth-order valence-electron chi connectivity index (χ4n) is 3.31. The van der Waals surface area contributed by atoms with Gasteiger partial charge in [-0.05, 0) is 68.0 Å². The van der Waals surface area contributed by atoms with Crippen LogP contribution in [0.2, 0.25) is 5.02 Å². The zero-order valence-electron chi connectivity index (χ0n) is 17.5. The molecule has 0 aliphatic rings. The van der Waals surface area contributed by atoms with Crippen molar-refractivity contribution >= 4 is 57.3 Å². The van der Waals surface area contributed by atoms with Gasteiger partial charge in [-0.1, -0.05) is 23.7 Å². The number of hydrogen-bond donors (Lipinski definition) is 2. The van der Waals surface area contributed by atoms with Gasteiger partial charge in [0.05, 0.1) is 15.5 Å². The van der Waals surface area contributed by atoms with Gasteiger partial charge in [0.1, 0.15) is 5.52 Å². The number of halogens is 1. The molecule has 0 spiro atoms. The third-order valence-electron chi connectivity index (χ3n) is 4.97. The van der Waals surface area contributed by atoms with Crippen molar-refractivity contribution in [2.75, 3.05) is 5.32 Å². The maximum atomic E-state index is 12.6. The average molecular weight is 481 g/mol. The highest BCUT2D eigenvalue weighted by molar-refractivity contribution is 7.80. The molecule has 1 amide bonds. The molecule has 0 bridgehead atoms. The van der Waals surface area contributed by atoms with E-state index in [-0.39, 0.29) is 21.9 Å². The minimum absolute atomic E-state index is 0.0207. The number of aromatic nitrogens is 1. The number of amides is 1. The summed E-state index contributed by atoms with van der Waals surface area (Å²) in [6.07, 6.45) is 0. The molecule has 0 unspecified atom stereocenters. The topological polar surface area (TPSA) is 110 Å². The second kappa shape index (κ2) is 8.97. The summed E-state index contributed by atoms with van der Waals surface area (Å²) in [6.45, 7) is 3.47. The maximum absolute atomic E-state index is 12.6. The van der Waals surface area contributed by atoms with Gasteiger partial charge in [-0.25, -0.2) is 4.98 Å². The Hall–Kier alpha value is -3.82. The monoisotopic (exact) mass is 480 g/mol. The Labute approximate surface area is 198 Å². The molecular formula is C23H17ClN4O4S. The number of carbonyl (C=O) groups is 1. The number of rotatable bonds is 4. The molecule has 8 nitrogen and oxygen atoms in total. The van der Waals surface area contributed by atoms with Gasteiger partial charge < -0.3 is 9.73 Å². The Bertz CT molecular complexity index is 1430. The van der Waals surface area contributed by atoms with E-state index in [0.29, 0.717) is 33.3 Å². The number of thiocarbonyl (C=S) groups is 1. The fourth-order valence-corrected chi connectivity index (χ4v) is 3.72. The van der Waals surface area contributed by atoms with Crippen LogP contribution in [0.15, 0.2) is 59.0 Å². The summed E-state index contributed by atoms with van der Waals surface area (Å²) in [5, 5.41) is 17.0. The van der Waals surface area contributed by atoms with Gasteiger partial charge in [-0.15, -0.1) is 0 Å². The first kappa shape index (κ1) is 22.4. The first-order valence-electron chi connectivity index (χ1n) is 9.76. The van der Waals surface area contributed by atoms with E-state index in [4.69, 9.17) is 28.2 Å². The molecule has 33 heavy (non-hydrogen) atoms. The minimum atomic E-state index is -0.558. The van der Waals surface area contributed by atoms with E-state index in [0.717, 1.165) is 5.56 Å². The van der Waals surface area contributed by atoms with Crippen molar-refractivity contribution in [1.82, 2.24) is 10.3 Å². The second-order valence-corrected chi connectivity index (χ2v) is 8.12. The smallest absolute Gasteiger partial charge is 0.273 e. The highest BCUT2D eigenvalue weighted by Gasteiger charge is 2.19. The SMILES string of the molecule is Cc1ccc2nc(-c3cc(NC(=S)NC(=O)c4cccc([N+](=O)[O-])c4C)ccc3Cl)oc2c1. The molecule has 166 valence electrons. The van der Waals surface area contributed by atoms with Gasteiger partial charge in [-0.2, -0.15) is 0 Å². The standard InChI is InChI=1S/C23H17ClN4O4S/c1-12-6-9-18-20(10-12)32-22(26-18)16-11-14(7-8-17(16)24)25-23(33)27-21(29)15-4-3-5-19(13(15)2)28(30)31/h3-11H,1-2H3,(H2,25,27,29,33). The van der Waals surface area contributed by atoms with Crippen molar-refractivity contribution in [2.45, 2.75) is 13.8 Å². The molecule has 0 saturated carbocycles. The van der Waals surface area contributed by atoms with E-state index in [1.807, 2.05) is 25.1 Å². The molecule has 10 heteroatoms. The van der Waals surface area contributed by atoms with Crippen molar-refractivity contribution < 1.29 is 14.1 Å². The summed E-state index contributed by atoms with van der Waals surface area (Å²) in [6, 6.07) is 15.0. The quantitative estimate of drug-likeness (QED) is 0.216. The number of hydrogen-bond acceptors (Lipinski definition) is 6. The number of nitrogens with zero attached hydrogens (tertiary/aromatic N) is 2. The highest BCUT2D eigenvalue weighted by atomic mass is 35.5. The molecule has 1 heterocycles. The summed E-state index contributed by atoms with van der Waals surface area (Å²) in [5.74, 6) is -0.205. The lowest BCUT2D eigenvalue weighted by Gasteiger charge is -2.12. The van der Waals surface area contributed by atoms with Crippen LogP contribution in [0, 0.1) is 24.0 Å². The lowest BCUT2D eigenvalue weighted by Crippen LogP contribution is -2.34. The van der Waals surface area contributed by atoms with Crippen LogP contribution in [0.5, 0.6) is 0 Å². The zero-order valence-corrected chi connectivity index (χ0v) is 19.1. The summed E-state index contributed by atoms with van der Waals surface area (Å²) in [7, 11) is 0. The Balaban J connectivity index is 1.54. The molecule has 0 aliphatic carbocycles. The number of nitro groups is 1. The summed E-state index contributed by atoms with van der Waals surface area (Å²) in [4.78, 5) is 27.7. The maximum Gasteiger partial charge on any atom is 0.273 e. The van der Waals surface area contributed by atoms with Crippen LogP contribution in [0.25, 0.3) is 22.6 Å². The van der Waals surface area contributed by atoms with E-state index >= 15 is 0 Å². The summed E-state index contributed by atoms with van der Waals surface area (Å²) in [5.41, 5.74) is 3.78. The first-order chi connectivity index (χ1) is 15.7. The molecule has 0 aliphatic heterocycles. The molecule has 4 aromatic rings. The molecule has 1 aromatic heterocycles. The number of fused-ring (bicyclic) bond motifs is 1. The number of anilines is 1. The van der Waals surface area contributed by atoms with E-state index in [2.05, 4.69) is 15.6 Å². The fraction of sp³-hybridized carbons (Fsp3) is 0.0870. The molecular weight excluding hydrogens is 464 g/mol. The molecule has 0 atom stereocenters. The molecule has 4 rings (SSSR count). The predicted molar refractivity (Wildman–Crippen MR) is 131 cm³/mol. The van der Waals surface area contributed by atoms with Crippen molar-refractivity contribution in [3.8, 4) is 11.5 Å². The van der Waals surface area contributed by atoms with Gasteiger partial charge >= 0.3 is 0 Å². The van der Waals surface area contributed by atoms with Crippen LogP contribution in [-0.2, 0) is 0 Å². The Morgan fingerprint density at radius 1 is 1.15 bits per heavy atom. The minimum Gasteiger partial charge on any atom is -0.436 e. The van der Waals surface area contributed by atoms with Crippen LogP contribution in [0.3, 0.4) is 0 Å². The van der Waals surface area contributed by atoms with E-state index in [1.54, 1.807) is 18.2 Å². The lowest BCUT2D eigenvalue weighted by atomic mass is 10.1. The van der Waals surface area contributed by atoms with Crippen LogP contribution in [-0.4, -0.2) is 20.9 Å². The van der Waals surface area contributed by atoms with Gasteiger partial charge in [0.25, 0.3) is 11.6 Å². The van der Waals surface area contributed by atoms with E-state index in [1.165, 1.54) is 25.1 Å². The van der Waals surface area contributed by atoms with Crippen LogP contribution in [0.4, 0.5) is 11.4 Å². The van der Waals surface area contributed by atoms with Crippen molar-refractivity contribution in [2.24, 2.45) is 0 Å². The Morgan fingerprint density at radius 3 is 2.70 bits per heavy atom. The number of oxazole rings is 1. The van der Waals surface area contributed by atoms with Gasteiger partial charge in [-0.3, -0.25) is 20.2 Å². The van der Waals surface area contributed by atoms with Gasteiger partial charge in [0.15, 0.2) is 10.7 Å². The van der Waals surface area contributed by atoms with Crippen LogP contribution >= 0.6 is 23.8 Å². The van der Waals surface area contributed by atoms with E-state index in [9.17, 15) is 14.9 Å². The third kappa shape index (κ3) is 4.69. The van der Waals surface area contributed by atoms with Crippen molar-refractivity contribution in [3.05, 3.63) is 86.4 Å². The Kier molecular flexibility index (Phi) is 6.08. The summed E-state index contributed by atoms with van der Waals surface area (Å²) >= 11 is 11.6. The van der Waals surface area contributed by atoms with Crippen molar-refractivity contribution in [1.29, 1.82) is 0 Å². The number of benzene rings is 3. The predicted octanol–water partition coefficient (Wildman–Crippen LogP) is 5.80. The zero-order chi connectivity index (χ0) is 23.7. The highest BCUT2D eigenvalue weighted by Crippen LogP contribution is 2.32. The van der Waals surface area contributed by atoms with Crippen LogP contribution in [0.1, 0.15) is 21.5 Å². The first-order valence-corrected chi connectivity index (χ1v) is 10.5. The third-order valence-corrected chi connectivity index (χ3v) is 5.51. The Morgan fingerprint density at radius 2 is 1.94 bits per heavy atom. The molecule has 0 fully saturated rings. The number of aryl methyl sites for hydroxylation is 1. The normalized spacial score (nSPS) is 10.8. The lowest BCUT2D eigenvalue weighted by molar-refractivity contribution is -0.385. The number of nitro benzene ring substituents is 1. The van der Waals surface area contributed by atoms with Crippen molar-refractivity contribution in [3.63, 3.8) is 0 Å².